The number of carbonyl (C=O) groups is 1. The lowest BCUT2D eigenvalue weighted by atomic mass is 10.1. The number of nitrogens with zero attached hydrogens (tertiary/aromatic N) is 2. The Hall–Kier alpha value is -3.02. The summed E-state index contributed by atoms with van der Waals surface area (Å²) in [6.07, 6.45) is 2.07. The number of para-hydroxylation sites is 2. The van der Waals surface area contributed by atoms with Gasteiger partial charge in [-0.3, -0.25) is 13.9 Å². The number of imidazole rings is 1. The summed E-state index contributed by atoms with van der Waals surface area (Å²) in [4.78, 5) is 25.1. The number of aromatic nitrogens is 2. The van der Waals surface area contributed by atoms with E-state index in [0.717, 1.165) is 35.2 Å². The van der Waals surface area contributed by atoms with Crippen LogP contribution in [0.3, 0.4) is 0 Å². The van der Waals surface area contributed by atoms with E-state index < -0.39 is 0 Å². The Morgan fingerprint density at radius 2 is 1.63 bits per heavy atom. The van der Waals surface area contributed by atoms with E-state index in [1.54, 1.807) is 9.13 Å². The van der Waals surface area contributed by atoms with Gasteiger partial charge in [0.2, 0.25) is 5.91 Å². The molecule has 6 nitrogen and oxygen atoms in total. The van der Waals surface area contributed by atoms with Crippen LogP contribution in [0.2, 0.25) is 0 Å². The molecule has 0 atom stereocenters. The van der Waals surface area contributed by atoms with Crippen molar-refractivity contribution < 1.29 is 9.53 Å². The lowest BCUT2D eigenvalue weighted by Crippen LogP contribution is -2.29. The van der Waals surface area contributed by atoms with E-state index in [4.69, 9.17) is 4.74 Å². The third-order valence-electron chi connectivity index (χ3n) is 4.97. The zero-order valence-electron chi connectivity index (χ0n) is 18.1. The molecule has 30 heavy (non-hydrogen) atoms. The standard InChI is InChI=1S/C24H31N3O3/c1-4-16-26-21-7-5-6-8-22(21)27(24(26)29)17-14-23(28)25-15-13-19-9-11-20(12-10-19)30-18(2)3/h5-12,18H,4,13-17H2,1-3H3,(H,25,28). The smallest absolute Gasteiger partial charge is 0.329 e. The Bertz CT molecular complexity index is 1030. The van der Waals surface area contributed by atoms with Crippen LogP contribution in [0.15, 0.2) is 53.3 Å². The van der Waals surface area contributed by atoms with Gasteiger partial charge in [-0.15, -0.1) is 0 Å². The van der Waals surface area contributed by atoms with Gasteiger partial charge in [0.1, 0.15) is 5.75 Å². The number of benzene rings is 2. The highest BCUT2D eigenvalue weighted by Gasteiger charge is 2.13. The van der Waals surface area contributed by atoms with Crippen molar-refractivity contribution in [3.05, 3.63) is 64.6 Å². The summed E-state index contributed by atoms with van der Waals surface area (Å²) in [5.74, 6) is 0.805. The van der Waals surface area contributed by atoms with Gasteiger partial charge in [0, 0.05) is 26.1 Å². The summed E-state index contributed by atoms with van der Waals surface area (Å²) >= 11 is 0. The molecule has 0 spiro atoms. The topological polar surface area (TPSA) is 65.3 Å². The number of fused-ring (bicyclic) bond motifs is 1. The van der Waals surface area contributed by atoms with Crippen molar-refractivity contribution in [3.63, 3.8) is 0 Å². The summed E-state index contributed by atoms with van der Waals surface area (Å²) < 4.78 is 9.14. The molecule has 0 aliphatic rings. The number of carbonyl (C=O) groups excluding carboxylic acids is 1. The fourth-order valence-corrected chi connectivity index (χ4v) is 3.58. The van der Waals surface area contributed by atoms with E-state index in [9.17, 15) is 9.59 Å². The number of hydrogen-bond acceptors (Lipinski definition) is 3. The van der Waals surface area contributed by atoms with Crippen LogP contribution in [0.1, 0.15) is 39.2 Å². The molecular formula is C24H31N3O3. The molecule has 1 heterocycles. The highest BCUT2D eigenvalue weighted by Crippen LogP contribution is 2.15. The van der Waals surface area contributed by atoms with Crippen molar-refractivity contribution >= 4 is 16.9 Å². The normalized spacial score (nSPS) is 11.2. The predicted molar refractivity (Wildman–Crippen MR) is 120 cm³/mol. The second-order valence-corrected chi connectivity index (χ2v) is 7.74. The van der Waals surface area contributed by atoms with Gasteiger partial charge < -0.3 is 10.1 Å². The quantitative estimate of drug-likeness (QED) is 0.555. The molecule has 0 aliphatic carbocycles. The molecule has 0 fully saturated rings. The molecule has 0 bridgehead atoms. The van der Waals surface area contributed by atoms with E-state index in [1.807, 2.05) is 62.4 Å². The number of hydrogen-bond donors (Lipinski definition) is 1. The number of nitrogens with one attached hydrogen (secondary N) is 1. The molecule has 3 rings (SSSR count). The largest absolute Gasteiger partial charge is 0.491 e. The Morgan fingerprint density at radius 1 is 1.00 bits per heavy atom. The van der Waals surface area contributed by atoms with Crippen molar-refractivity contribution in [2.45, 2.75) is 59.2 Å². The van der Waals surface area contributed by atoms with E-state index in [0.29, 0.717) is 19.6 Å². The summed E-state index contributed by atoms with van der Waals surface area (Å²) in [6.45, 7) is 7.67. The number of ether oxygens (including phenoxy) is 1. The number of amides is 1. The molecule has 6 heteroatoms. The van der Waals surface area contributed by atoms with Gasteiger partial charge in [0.25, 0.3) is 0 Å². The van der Waals surface area contributed by atoms with Gasteiger partial charge in [0.05, 0.1) is 17.1 Å². The second-order valence-electron chi connectivity index (χ2n) is 7.74. The minimum atomic E-state index is -0.0472. The van der Waals surface area contributed by atoms with Crippen molar-refractivity contribution in [1.29, 1.82) is 0 Å². The lowest BCUT2D eigenvalue weighted by molar-refractivity contribution is -0.121. The van der Waals surface area contributed by atoms with Crippen LogP contribution in [-0.4, -0.2) is 27.7 Å². The highest BCUT2D eigenvalue weighted by molar-refractivity contribution is 5.78. The van der Waals surface area contributed by atoms with E-state index >= 15 is 0 Å². The van der Waals surface area contributed by atoms with E-state index in [1.165, 1.54) is 0 Å². The van der Waals surface area contributed by atoms with Crippen molar-refractivity contribution in [1.82, 2.24) is 14.5 Å². The highest BCUT2D eigenvalue weighted by atomic mass is 16.5. The molecule has 0 radical (unpaired) electrons. The Labute approximate surface area is 177 Å². The SMILES string of the molecule is CCCn1c(=O)n(CCC(=O)NCCc2ccc(OC(C)C)cc2)c2ccccc21. The zero-order chi connectivity index (χ0) is 21.5. The molecule has 0 saturated heterocycles. The summed E-state index contributed by atoms with van der Waals surface area (Å²) in [7, 11) is 0. The molecule has 160 valence electrons. The number of rotatable bonds is 10. The summed E-state index contributed by atoms with van der Waals surface area (Å²) in [5, 5.41) is 2.96. The molecule has 1 N–H and O–H groups in total. The van der Waals surface area contributed by atoms with Crippen LogP contribution in [0.4, 0.5) is 0 Å². The van der Waals surface area contributed by atoms with Crippen LogP contribution in [-0.2, 0) is 24.3 Å². The van der Waals surface area contributed by atoms with Gasteiger partial charge in [-0.2, -0.15) is 0 Å². The van der Waals surface area contributed by atoms with Gasteiger partial charge in [-0.05, 0) is 56.5 Å². The average Bonchev–Trinajstić information content (AvgIpc) is 2.99. The molecule has 2 aromatic carbocycles. The molecule has 0 aliphatic heterocycles. The Kier molecular flexibility index (Phi) is 7.33. The van der Waals surface area contributed by atoms with Crippen LogP contribution in [0.5, 0.6) is 5.75 Å². The van der Waals surface area contributed by atoms with E-state index in [2.05, 4.69) is 12.2 Å². The molecule has 0 saturated carbocycles. The Balaban J connectivity index is 1.53. The van der Waals surface area contributed by atoms with Gasteiger partial charge in [-0.25, -0.2) is 4.79 Å². The third kappa shape index (κ3) is 5.32. The summed E-state index contributed by atoms with van der Waals surface area (Å²) in [6, 6.07) is 15.7. The fraction of sp³-hybridized carbons (Fsp3) is 0.417. The predicted octanol–water partition coefficient (Wildman–Crippen LogP) is 3.75. The first kappa shape index (κ1) is 21.7. The van der Waals surface area contributed by atoms with Crippen LogP contribution in [0, 0.1) is 0 Å². The van der Waals surface area contributed by atoms with Crippen molar-refractivity contribution in [2.75, 3.05) is 6.54 Å². The maximum absolute atomic E-state index is 12.8. The third-order valence-corrected chi connectivity index (χ3v) is 4.97. The average molecular weight is 410 g/mol. The number of aryl methyl sites for hydroxylation is 2. The fourth-order valence-electron chi connectivity index (χ4n) is 3.58. The van der Waals surface area contributed by atoms with E-state index in [-0.39, 0.29) is 24.1 Å². The molecule has 1 aromatic heterocycles. The van der Waals surface area contributed by atoms with Gasteiger partial charge >= 0.3 is 5.69 Å². The summed E-state index contributed by atoms with van der Waals surface area (Å²) in [5.41, 5.74) is 2.90. The first-order valence-electron chi connectivity index (χ1n) is 10.7. The maximum Gasteiger partial charge on any atom is 0.329 e. The Morgan fingerprint density at radius 3 is 2.23 bits per heavy atom. The van der Waals surface area contributed by atoms with Gasteiger partial charge in [0.15, 0.2) is 0 Å². The van der Waals surface area contributed by atoms with Crippen LogP contribution < -0.4 is 15.7 Å². The van der Waals surface area contributed by atoms with Crippen molar-refractivity contribution in [3.8, 4) is 5.75 Å². The zero-order valence-corrected chi connectivity index (χ0v) is 18.1. The molecular weight excluding hydrogens is 378 g/mol. The second kappa shape index (κ2) is 10.1. The van der Waals surface area contributed by atoms with Crippen LogP contribution in [0.25, 0.3) is 11.0 Å². The van der Waals surface area contributed by atoms with Crippen molar-refractivity contribution in [2.24, 2.45) is 0 Å². The monoisotopic (exact) mass is 409 g/mol. The minimum Gasteiger partial charge on any atom is -0.491 e. The maximum atomic E-state index is 12.8. The molecule has 3 aromatic rings. The molecule has 0 unspecified atom stereocenters. The lowest BCUT2D eigenvalue weighted by Gasteiger charge is -2.10. The van der Waals surface area contributed by atoms with Gasteiger partial charge in [-0.1, -0.05) is 31.2 Å². The van der Waals surface area contributed by atoms with Crippen LogP contribution >= 0.6 is 0 Å². The minimum absolute atomic E-state index is 0.0467. The first-order valence-corrected chi connectivity index (χ1v) is 10.7. The first-order chi connectivity index (χ1) is 14.5. The molecule has 1 amide bonds.